The van der Waals surface area contributed by atoms with Gasteiger partial charge < -0.3 is 9.80 Å². The lowest BCUT2D eigenvalue weighted by atomic mass is 9.93. The molecule has 0 aliphatic carbocycles. The van der Waals surface area contributed by atoms with Crippen LogP contribution < -0.4 is 0 Å². The third-order valence-electron chi connectivity index (χ3n) is 6.54. The van der Waals surface area contributed by atoms with Crippen molar-refractivity contribution in [2.75, 3.05) is 27.2 Å². The summed E-state index contributed by atoms with van der Waals surface area (Å²) in [5.41, 5.74) is 0. The molecule has 0 aromatic carbocycles. The first-order valence-electron chi connectivity index (χ1n) is 12.1. The highest BCUT2D eigenvalue weighted by molar-refractivity contribution is 4.84. The molecule has 2 atom stereocenters. The Hall–Kier alpha value is -0.0800. The fourth-order valence-electron chi connectivity index (χ4n) is 4.78. The summed E-state index contributed by atoms with van der Waals surface area (Å²) in [6, 6.07) is 1.51. The van der Waals surface area contributed by atoms with Crippen molar-refractivity contribution in [3.8, 4) is 0 Å². The molecule has 0 aromatic heterocycles. The lowest BCUT2D eigenvalue weighted by molar-refractivity contribution is 0.0934. The molecule has 1 saturated heterocycles. The molecule has 1 heterocycles. The van der Waals surface area contributed by atoms with Crippen molar-refractivity contribution in [2.45, 2.75) is 129 Å². The van der Waals surface area contributed by atoms with E-state index in [-0.39, 0.29) is 0 Å². The zero-order chi connectivity index (χ0) is 19.0. The molecule has 2 heteroatoms. The summed E-state index contributed by atoms with van der Waals surface area (Å²) < 4.78 is 0. The summed E-state index contributed by atoms with van der Waals surface area (Å²) in [5.74, 6) is 0. The quantitative estimate of drug-likeness (QED) is 0.389. The van der Waals surface area contributed by atoms with E-state index >= 15 is 0 Å². The predicted octanol–water partition coefficient (Wildman–Crippen LogP) is 6.88. The standard InChI is InChI=1S/C24H50N2/c1-5-7-8-14-17-21-25(3)23(19-6-2)24-20-16-13-11-9-10-12-15-18-22-26(24)4/h23-24H,5-22H2,1-4H3. The molecule has 0 N–H and O–H groups in total. The highest BCUT2D eigenvalue weighted by atomic mass is 15.2. The summed E-state index contributed by atoms with van der Waals surface area (Å²) in [7, 11) is 4.82. The molecule has 1 aliphatic heterocycles. The molecule has 1 aliphatic rings. The molecule has 0 amide bonds. The largest absolute Gasteiger partial charge is 0.302 e. The second kappa shape index (κ2) is 15.9. The number of hydrogen-bond donors (Lipinski definition) is 0. The van der Waals surface area contributed by atoms with Gasteiger partial charge in [-0.05, 0) is 52.9 Å². The molecule has 0 saturated carbocycles. The molecule has 2 unspecified atom stereocenters. The van der Waals surface area contributed by atoms with E-state index in [9.17, 15) is 0 Å². The van der Waals surface area contributed by atoms with Gasteiger partial charge in [-0.15, -0.1) is 0 Å². The fraction of sp³-hybridized carbons (Fsp3) is 1.00. The Morgan fingerprint density at radius 2 is 1.42 bits per heavy atom. The van der Waals surface area contributed by atoms with Crippen molar-refractivity contribution in [3.63, 3.8) is 0 Å². The molecular formula is C24H50N2. The van der Waals surface area contributed by atoms with Gasteiger partial charge >= 0.3 is 0 Å². The molecule has 0 spiro atoms. The Balaban J connectivity index is 2.60. The Labute approximate surface area is 166 Å². The average Bonchev–Trinajstić information content (AvgIpc) is 2.63. The Morgan fingerprint density at radius 1 is 0.808 bits per heavy atom. The summed E-state index contributed by atoms with van der Waals surface area (Å²) >= 11 is 0. The van der Waals surface area contributed by atoms with E-state index in [1.54, 1.807) is 0 Å². The van der Waals surface area contributed by atoms with E-state index in [2.05, 4.69) is 37.7 Å². The molecule has 1 fully saturated rings. The minimum Gasteiger partial charge on any atom is -0.302 e. The molecular weight excluding hydrogens is 316 g/mol. The van der Waals surface area contributed by atoms with E-state index < -0.39 is 0 Å². The van der Waals surface area contributed by atoms with Crippen LogP contribution >= 0.6 is 0 Å². The summed E-state index contributed by atoms with van der Waals surface area (Å²) in [4.78, 5) is 5.46. The molecule has 1 rings (SSSR count). The van der Waals surface area contributed by atoms with Gasteiger partial charge in [0.2, 0.25) is 0 Å². The molecule has 156 valence electrons. The lowest BCUT2D eigenvalue weighted by Gasteiger charge is -2.40. The third-order valence-corrected chi connectivity index (χ3v) is 6.54. The second-order valence-electron chi connectivity index (χ2n) is 8.92. The minimum atomic E-state index is 0.749. The van der Waals surface area contributed by atoms with Crippen LogP contribution in [0.2, 0.25) is 0 Å². The average molecular weight is 367 g/mol. The Kier molecular flexibility index (Phi) is 14.7. The van der Waals surface area contributed by atoms with Crippen LogP contribution in [-0.4, -0.2) is 49.1 Å². The fourth-order valence-corrected chi connectivity index (χ4v) is 4.78. The lowest BCUT2D eigenvalue weighted by Crippen LogP contribution is -2.50. The molecule has 26 heavy (non-hydrogen) atoms. The maximum Gasteiger partial charge on any atom is 0.0248 e. The van der Waals surface area contributed by atoms with Crippen molar-refractivity contribution in [3.05, 3.63) is 0 Å². The minimum absolute atomic E-state index is 0.749. The second-order valence-corrected chi connectivity index (χ2v) is 8.92. The van der Waals surface area contributed by atoms with E-state index in [0.717, 1.165) is 12.1 Å². The Bertz CT molecular complexity index is 305. The van der Waals surface area contributed by atoms with E-state index in [4.69, 9.17) is 0 Å². The van der Waals surface area contributed by atoms with Crippen molar-refractivity contribution in [1.82, 2.24) is 9.80 Å². The van der Waals surface area contributed by atoms with Crippen LogP contribution in [0.25, 0.3) is 0 Å². The third kappa shape index (κ3) is 10.3. The zero-order valence-corrected chi connectivity index (χ0v) is 18.8. The van der Waals surface area contributed by atoms with Crippen LogP contribution in [0.1, 0.15) is 117 Å². The predicted molar refractivity (Wildman–Crippen MR) is 118 cm³/mol. The van der Waals surface area contributed by atoms with E-state index in [1.165, 1.54) is 116 Å². The molecule has 0 radical (unpaired) electrons. The van der Waals surface area contributed by atoms with Gasteiger partial charge in [0.25, 0.3) is 0 Å². The zero-order valence-electron chi connectivity index (χ0n) is 18.8. The van der Waals surface area contributed by atoms with Gasteiger partial charge in [0.15, 0.2) is 0 Å². The first-order valence-corrected chi connectivity index (χ1v) is 12.1. The summed E-state index contributed by atoms with van der Waals surface area (Å²) in [6.07, 6.45) is 22.6. The molecule has 2 nitrogen and oxygen atoms in total. The molecule has 0 aromatic rings. The number of unbranched alkanes of at least 4 members (excludes halogenated alkanes) is 4. The smallest absolute Gasteiger partial charge is 0.0248 e. The van der Waals surface area contributed by atoms with Crippen molar-refractivity contribution in [1.29, 1.82) is 0 Å². The van der Waals surface area contributed by atoms with Crippen molar-refractivity contribution >= 4 is 0 Å². The van der Waals surface area contributed by atoms with Gasteiger partial charge in [-0.1, -0.05) is 90.9 Å². The van der Waals surface area contributed by atoms with Gasteiger partial charge in [-0.2, -0.15) is 0 Å². The maximum atomic E-state index is 2.73. The van der Waals surface area contributed by atoms with Gasteiger partial charge in [0.1, 0.15) is 0 Å². The summed E-state index contributed by atoms with van der Waals surface area (Å²) in [5, 5.41) is 0. The van der Waals surface area contributed by atoms with Crippen molar-refractivity contribution < 1.29 is 0 Å². The maximum absolute atomic E-state index is 2.73. The van der Waals surface area contributed by atoms with Crippen LogP contribution in [0.15, 0.2) is 0 Å². The van der Waals surface area contributed by atoms with Gasteiger partial charge in [-0.3, -0.25) is 0 Å². The Morgan fingerprint density at radius 3 is 2.08 bits per heavy atom. The number of rotatable bonds is 10. The van der Waals surface area contributed by atoms with Gasteiger partial charge in [-0.25, -0.2) is 0 Å². The highest BCUT2D eigenvalue weighted by Gasteiger charge is 2.27. The normalized spacial score (nSPS) is 22.7. The van der Waals surface area contributed by atoms with Crippen LogP contribution in [0.5, 0.6) is 0 Å². The monoisotopic (exact) mass is 366 g/mol. The van der Waals surface area contributed by atoms with Crippen LogP contribution in [-0.2, 0) is 0 Å². The number of hydrogen-bond acceptors (Lipinski definition) is 2. The van der Waals surface area contributed by atoms with E-state index in [0.29, 0.717) is 0 Å². The first-order chi connectivity index (χ1) is 12.7. The van der Waals surface area contributed by atoms with Crippen molar-refractivity contribution in [2.24, 2.45) is 0 Å². The SMILES string of the molecule is CCCCCCCN(C)C(CCC)C1CCCCCCCCCCN1C. The molecule has 0 bridgehead atoms. The topological polar surface area (TPSA) is 6.48 Å². The van der Waals surface area contributed by atoms with Gasteiger partial charge in [0, 0.05) is 12.1 Å². The number of likely N-dealkylation sites (N-methyl/N-ethyl adjacent to an activating group) is 2. The van der Waals surface area contributed by atoms with Crippen LogP contribution in [0.3, 0.4) is 0 Å². The van der Waals surface area contributed by atoms with Crippen LogP contribution in [0, 0.1) is 0 Å². The first kappa shape index (κ1) is 24.0. The van der Waals surface area contributed by atoms with Crippen LogP contribution in [0.4, 0.5) is 0 Å². The summed E-state index contributed by atoms with van der Waals surface area (Å²) in [6.45, 7) is 7.27. The van der Waals surface area contributed by atoms with E-state index in [1.807, 2.05) is 0 Å². The number of nitrogens with zero attached hydrogens (tertiary/aromatic N) is 2. The highest BCUT2D eigenvalue weighted by Crippen LogP contribution is 2.23. The van der Waals surface area contributed by atoms with Gasteiger partial charge in [0.05, 0.1) is 0 Å².